The molecule has 1 aromatic carbocycles. The molecule has 1 N–H and O–H groups in total. The number of amides is 1. The lowest BCUT2D eigenvalue weighted by molar-refractivity contribution is 0.0600. The monoisotopic (exact) mass is 311 g/mol. The maximum atomic E-state index is 13.0. The van der Waals surface area contributed by atoms with Gasteiger partial charge in [-0.1, -0.05) is 5.21 Å². The molecule has 3 aromatic rings. The van der Waals surface area contributed by atoms with Gasteiger partial charge in [0.05, 0.1) is 11.6 Å². The Kier molecular flexibility index (Phi) is 3.29. The predicted octanol–water partition coefficient (Wildman–Crippen LogP) is 1.45. The predicted molar refractivity (Wildman–Crippen MR) is 82.5 cm³/mol. The number of H-pyrrole nitrogens is 1. The van der Waals surface area contributed by atoms with Crippen LogP contribution in [0.2, 0.25) is 0 Å². The Labute approximate surface area is 132 Å². The summed E-state index contributed by atoms with van der Waals surface area (Å²) in [7, 11) is 1.82. The van der Waals surface area contributed by atoms with Crippen LogP contribution in [-0.4, -0.2) is 47.5 Å². The van der Waals surface area contributed by atoms with Crippen LogP contribution in [0.15, 0.2) is 24.5 Å². The number of rotatable bonds is 2. The molecule has 1 aliphatic heterocycles. The number of benzene rings is 1. The van der Waals surface area contributed by atoms with E-state index >= 15 is 0 Å². The van der Waals surface area contributed by atoms with Gasteiger partial charge >= 0.3 is 0 Å². The van der Waals surface area contributed by atoms with Crippen molar-refractivity contribution in [1.29, 1.82) is 0 Å². The number of aromatic amines is 1. The molecule has 0 bridgehead atoms. The number of hydrogen-bond acceptors (Lipinski definition) is 5. The summed E-state index contributed by atoms with van der Waals surface area (Å²) in [5.74, 6) is 0.760. The Morgan fingerprint density at radius 2 is 2.26 bits per heavy atom. The molecule has 0 aliphatic carbocycles. The van der Waals surface area contributed by atoms with Crippen molar-refractivity contribution in [2.24, 2.45) is 7.05 Å². The van der Waals surface area contributed by atoms with E-state index in [1.807, 2.05) is 30.1 Å². The third-order valence-electron chi connectivity index (χ3n) is 4.37. The van der Waals surface area contributed by atoms with Crippen LogP contribution in [0.3, 0.4) is 0 Å². The lowest BCUT2D eigenvalue weighted by Gasteiger charge is -2.34. The molecule has 0 saturated carbocycles. The standard InChI is InChI=1S/C15H17N7O/c1-21-13-8-10(5-6-11(13)18-20-21)15(23)22-7-3-2-4-12(22)14-16-9-17-19-14/h5-6,8-9,12H,2-4,7H2,1H3,(H,16,17,19). The van der Waals surface area contributed by atoms with Crippen molar-refractivity contribution in [2.45, 2.75) is 25.3 Å². The number of likely N-dealkylation sites (tertiary alicyclic amines) is 1. The normalized spacial score (nSPS) is 18.5. The van der Waals surface area contributed by atoms with Crippen molar-refractivity contribution in [3.8, 4) is 0 Å². The van der Waals surface area contributed by atoms with Crippen molar-refractivity contribution < 1.29 is 4.79 Å². The van der Waals surface area contributed by atoms with E-state index in [2.05, 4.69) is 25.5 Å². The third kappa shape index (κ3) is 2.36. The summed E-state index contributed by atoms with van der Waals surface area (Å²) in [4.78, 5) is 19.1. The minimum Gasteiger partial charge on any atom is -0.328 e. The van der Waals surface area contributed by atoms with Crippen molar-refractivity contribution >= 4 is 16.9 Å². The van der Waals surface area contributed by atoms with Gasteiger partial charge in [-0.05, 0) is 37.5 Å². The molecule has 8 nitrogen and oxygen atoms in total. The molecule has 1 aliphatic rings. The van der Waals surface area contributed by atoms with Gasteiger partial charge in [-0.3, -0.25) is 9.89 Å². The summed E-state index contributed by atoms with van der Waals surface area (Å²) in [5.41, 5.74) is 2.29. The topological polar surface area (TPSA) is 92.6 Å². The van der Waals surface area contributed by atoms with Crippen LogP contribution in [-0.2, 0) is 7.05 Å². The molecule has 1 fully saturated rings. The van der Waals surface area contributed by atoms with Gasteiger partial charge in [-0.2, -0.15) is 5.10 Å². The Bertz CT molecular complexity index is 839. The molecule has 1 saturated heterocycles. The van der Waals surface area contributed by atoms with Crippen LogP contribution >= 0.6 is 0 Å². The average molecular weight is 311 g/mol. The number of nitrogens with zero attached hydrogens (tertiary/aromatic N) is 6. The highest BCUT2D eigenvalue weighted by Crippen LogP contribution is 2.30. The Morgan fingerprint density at radius 1 is 1.35 bits per heavy atom. The van der Waals surface area contributed by atoms with E-state index in [0.717, 1.165) is 42.7 Å². The summed E-state index contributed by atoms with van der Waals surface area (Å²) in [5, 5.41) is 14.8. The van der Waals surface area contributed by atoms with Crippen molar-refractivity contribution in [1.82, 2.24) is 35.1 Å². The van der Waals surface area contributed by atoms with Crippen LogP contribution in [0, 0.1) is 0 Å². The summed E-state index contributed by atoms with van der Waals surface area (Å²) in [6, 6.07) is 5.46. The maximum Gasteiger partial charge on any atom is 0.254 e. The van der Waals surface area contributed by atoms with Gasteiger partial charge in [0, 0.05) is 19.2 Å². The maximum absolute atomic E-state index is 13.0. The van der Waals surface area contributed by atoms with Crippen LogP contribution < -0.4 is 0 Å². The van der Waals surface area contributed by atoms with Crippen molar-refractivity contribution in [2.75, 3.05) is 6.54 Å². The van der Waals surface area contributed by atoms with Gasteiger partial charge in [-0.15, -0.1) is 5.10 Å². The first-order chi connectivity index (χ1) is 11.2. The van der Waals surface area contributed by atoms with Gasteiger partial charge in [0.25, 0.3) is 5.91 Å². The molecule has 2 aromatic heterocycles. The van der Waals surface area contributed by atoms with Gasteiger partial charge in [-0.25, -0.2) is 9.67 Å². The summed E-state index contributed by atoms with van der Waals surface area (Å²) < 4.78 is 1.68. The molecule has 1 atom stereocenters. The summed E-state index contributed by atoms with van der Waals surface area (Å²) in [6.07, 6.45) is 4.47. The molecule has 23 heavy (non-hydrogen) atoms. The van der Waals surface area contributed by atoms with E-state index in [-0.39, 0.29) is 11.9 Å². The minimum absolute atomic E-state index is 0.00852. The van der Waals surface area contributed by atoms with Gasteiger partial charge < -0.3 is 4.90 Å². The number of fused-ring (bicyclic) bond motifs is 1. The van der Waals surface area contributed by atoms with Gasteiger partial charge in [0.2, 0.25) is 0 Å². The molecule has 0 spiro atoms. The molecule has 1 unspecified atom stereocenters. The van der Waals surface area contributed by atoms with E-state index < -0.39 is 0 Å². The molecule has 8 heteroatoms. The number of piperidine rings is 1. The Hall–Kier alpha value is -2.77. The number of aromatic nitrogens is 6. The molecular formula is C15H17N7O. The molecule has 4 rings (SSSR count). The first kappa shape index (κ1) is 13.9. The van der Waals surface area contributed by atoms with Crippen molar-refractivity contribution in [3.63, 3.8) is 0 Å². The first-order valence-corrected chi connectivity index (χ1v) is 7.70. The second-order valence-electron chi connectivity index (χ2n) is 5.80. The molecule has 0 radical (unpaired) electrons. The second-order valence-corrected chi connectivity index (χ2v) is 5.80. The van der Waals surface area contributed by atoms with E-state index in [0.29, 0.717) is 5.56 Å². The zero-order valence-electron chi connectivity index (χ0n) is 12.8. The van der Waals surface area contributed by atoms with Crippen molar-refractivity contribution in [3.05, 3.63) is 35.9 Å². The van der Waals surface area contributed by atoms with E-state index in [1.54, 1.807) is 4.68 Å². The quantitative estimate of drug-likeness (QED) is 0.773. The van der Waals surface area contributed by atoms with Crippen LogP contribution in [0.1, 0.15) is 41.5 Å². The lowest BCUT2D eigenvalue weighted by atomic mass is 10.00. The number of carbonyl (C=O) groups is 1. The number of aryl methyl sites for hydroxylation is 1. The summed E-state index contributed by atoms with van der Waals surface area (Å²) >= 11 is 0. The van der Waals surface area contributed by atoms with Gasteiger partial charge in [0.15, 0.2) is 0 Å². The highest BCUT2D eigenvalue weighted by atomic mass is 16.2. The molecule has 3 heterocycles. The molecular weight excluding hydrogens is 294 g/mol. The van der Waals surface area contributed by atoms with Crippen LogP contribution in [0.5, 0.6) is 0 Å². The fourth-order valence-electron chi connectivity index (χ4n) is 3.16. The van der Waals surface area contributed by atoms with Gasteiger partial charge in [0.1, 0.15) is 17.7 Å². The lowest BCUT2D eigenvalue weighted by Crippen LogP contribution is -2.39. The fraction of sp³-hybridized carbons (Fsp3) is 0.400. The Balaban J connectivity index is 1.69. The average Bonchev–Trinajstić information content (AvgIpc) is 3.24. The van der Waals surface area contributed by atoms with Crippen LogP contribution in [0.4, 0.5) is 0 Å². The highest BCUT2D eigenvalue weighted by molar-refractivity contribution is 5.97. The molecule has 1 amide bonds. The Morgan fingerprint density at radius 3 is 3.09 bits per heavy atom. The second kappa shape index (κ2) is 5.45. The first-order valence-electron chi connectivity index (χ1n) is 7.70. The fourth-order valence-corrected chi connectivity index (χ4v) is 3.16. The number of hydrogen-bond donors (Lipinski definition) is 1. The van der Waals surface area contributed by atoms with E-state index in [9.17, 15) is 4.79 Å². The highest BCUT2D eigenvalue weighted by Gasteiger charge is 2.30. The minimum atomic E-state index is -0.0425. The molecule has 118 valence electrons. The van der Waals surface area contributed by atoms with E-state index in [1.165, 1.54) is 6.33 Å². The number of carbonyl (C=O) groups excluding carboxylic acids is 1. The van der Waals surface area contributed by atoms with Crippen LogP contribution in [0.25, 0.3) is 11.0 Å². The SMILES string of the molecule is Cn1nnc2ccc(C(=O)N3CCCCC3c3ncn[nH]3)cc21. The third-order valence-corrected chi connectivity index (χ3v) is 4.37. The largest absolute Gasteiger partial charge is 0.328 e. The smallest absolute Gasteiger partial charge is 0.254 e. The summed E-state index contributed by atoms with van der Waals surface area (Å²) in [6.45, 7) is 0.728. The number of nitrogens with one attached hydrogen (secondary N) is 1. The zero-order valence-corrected chi connectivity index (χ0v) is 12.8. The van der Waals surface area contributed by atoms with E-state index in [4.69, 9.17) is 0 Å². The zero-order chi connectivity index (χ0) is 15.8.